The van der Waals surface area contributed by atoms with Crippen molar-refractivity contribution in [3.8, 4) is 0 Å². The molecule has 1 aliphatic heterocycles. The minimum Gasteiger partial charge on any atom is -0.334 e. The van der Waals surface area contributed by atoms with Crippen LogP contribution in [0.4, 0.5) is 0 Å². The third-order valence-electron chi connectivity index (χ3n) is 5.00. The predicted octanol–water partition coefficient (Wildman–Crippen LogP) is 3.66. The minimum absolute atomic E-state index is 0.268. The van der Waals surface area contributed by atoms with E-state index in [1.54, 1.807) is 28.9 Å². The van der Waals surface area contributed by atoms with E-state index >= 15 is 0 Å². The highest BCUT2D eigenvalue weighted by molar-refractivity contribution is 6.30. The molecule has 3 aromatic carbocycles. The van der Waals surface area contributed by atoms with Gasteiger partial charge in [-0.05, 0) is 43.3 Å². The largest absolute Gasteiger partial charge is 0.334 e. The lowest BCUT2D eigenvalue weighted by molar-refractivity contribution is -0.596. The molecule has 0 spiro atoms. The fourth-order valence-electron chi connectivity index (χ4n) is 3.55. The number of hydrogen-bond donors (Lipinski definition) is 2. The van der Waals surface area contributed by atoms with Crippen molar-refractivity contribution in [3.63, 3.8) is 0 Å². The number of aryl methyl sites for hydroxylation is 1. The second kappa shape index (κ2) is 8.51. The number of nitrogens with zero attached hydrogens (tertiary/aromatic N) is 1. The van der Waals surface area contributed by atoms with Gasteiger partial charge in [0.25, 0.3) is 5.91 Å². The molecule has 1 fully saturated rings. The second-order valence-electron chi connectivity index (χ2n) is 7.24. The quantitative estimate of drug-likeness (QED) is 0.635. The maximum absolute atomic E-state index is 12.8. The van der Waals surface area contributed by atoms with Gasteiger partial charge in [0.15, 0.2) is 6.04 Å². The monoisotopic (exact) mass is 418 g/mol. The van der Waals surface area contributed by atoms with E-state index in [1.807, 2.05) is 67.7 Å². The Balaban J connectivity index is 1.69. The number of hydrazone groups is 1. The maximum atomic E-state index is 12.8. The van der Waals surface area contributed by atoms with E-state index < -0.39 is 12.1 Å². The number of hydrazine groups is 1. The highest BCUT2D eigenvalue weighted by atomic mass is 35.5. The molecule has 150 valence electrons. The van der Waals surface area contributed by atoms with E-state index in [-0.39, 0.29) is 11.8 Å². The number of rotatable bonds is 4. The number of amides is 2. The van der Waals surface area contributed by atoms with Crippen molar-refractivity contribution < 1.29 is 14.3 Å². The number of halogens is 1. The van der Waals surface area contributed by atoms with Gasteiger partial charge in [-0.25, -0.2) is 0 Å². The van der Waals surface area contributed by atoms with E-state index in [1.165, 1.54) is 0 Å². The molecule has 0 bridgehead atoms. The van der Waals surface area contributed by atoms with Gasteiger partial charge in [0.2, 0.25) is 12.3 Å². The molecule has 6 heteroatoms. The molecule has 5 nitrogen and oxygen atoms in total. The van der Waals surface area contributed by atoms with Crippen LogP contribution in [0, 0.1) is 6.92 Å². The molecular formula is C24H21ClN3O2+. The van der Waals surface area contributed by atoms with Crippen molar-refractivity contribution in [2.24, 2.45) is 0 Å². The van der Waals surface area contributed by atoms with Crippen molar-refractivity contribution >= 4 is 29.6 Å². The average Bonchev–Trinajstić information content (AvgIpc) is 3.05. The summed E-state index contributed by atoms with van der Waals surface area (Å²) in [5, 5.41) is 3.55. The number of benzene rings is 3. The summed E-state index contributed by atoms with van der Waals surface area (Å²) in [5.41, 5.74) is 6.17. The van der Waals surface area contributed by atoms with Crippen LogP contribution < -0.4 is 10.7 Å². The number of carbonyl (C=O) groups is 2. The second-order valence-corrected chi connectivity index (χ2v) is 7.68. The summed E-state index contributed by atoms with van der Waals surface area (Å²) in [4.78, 5) is 25.7. The molecule has 0 radical (unpaired) electrons. The normalized spacial score (nSPS) is 19.5. The van der Waals surface area contributed by atoms with Crippen molar-refractivity contribution in [1.29, 1.82) is 0 Å². The smallest absolute Gasteiger partial charge is 0.304 e. The van der Waals surface area contributed by atoms with E-state index in [4.69, 9.17) is 11.6 Å². The zero-order chi connectivity index (χ0) is 21.1. The van der Waals surface area contributed by atoms with Gasteiger partial charge in [-0.2, -0.15) is 0 Å². The molecule has 1 saturated heterocycles. The Bertz CT molecular complexity index is 1110. The summed E-state index contributed by atoms with van der Waals surface area (Å²) < 4.78 is 1.74. The Kier molecular flexibility index (Phi) is 5.63. The summed E-state index contributed by atoms with van der Waals surface area (Å²) in [6.45, 7) is 1.93. The molecule has 1 heterocycles. The van der Waals surface area contributed by atoms with E-state index in [0.29, 0.717) is 10.6 Å². The van der Waals surface area contributed by atoms with Crippen LogP contribution in [0.3, 0.4) is 0 Å². The van der Waals surface area contributed by atoms with Gasteiger partial charge in [0, 0.05) is 21.7 Å². The van der Waals surface area contributed by atoms with Gasteiger partial charge < -0.3 is 5.32 Å². The molecule has 2 amide bonds. The molecule has 30 heavy (non-hydrogen) atoms. The first-order chi connectivity index (χ1) is 14.5. The van der Waals surface area contributed by atoms with Crippen LogP contribution in [0.25, 0.3) is 0 Å². The van der Waals surface area contributed by atoms with Gasteiger partial charge in [-0.1, -0.05) is 59.6 Å². The number of carbonyl (C=O) groups excluding carboxylic acids is 2. The van der Waals surface area contributed by atoms with Crippen LogP contribution in [0.2, 0.25) is 5.02 Å². The van der Waals surface area contributed by atoms with Crippen molar-refractivity contribution in [1.82, 2.24) is 10.7 Å². The lowest BCUT2D eigenvalue weighted by Gasteiger charge is -2.15. The third-order valence-corrected chi connectivity index (χ3v) is 5.26. The van der Waals surface area contributed by atoms with E-state index in [2.05, 4.69) is 10.7 Å². The molecule has 4 rings (SSSR count). The number of hydrogen-bond acceptors (Lipinski definition) is 2. The molecule has 0 aliphatic carbocycles. The molecule has 0 unspecified atom stereocenters. The molecule has 0 aromatic heterocycles. The Hall–Kier alpha value is -3.44. The average molecular weight is 419 g/mol. The summed E-state index contributed by atoms with van der Waals surface area (Å²) in [7, 11) is 0. The summed E-state index contributed by atoms with van der Waals surface area (Å²) in [6.07, 6.45) is 1.84. The topological polar surface area (TPSA) is 61.2 Å². The molecule has 2 N–H and O–H groups in total. The Morgan fingerprint density at radius 1 is 1.03 bits per heavy atom. The summed E-state index contributed by atoms with van der Waals surface area (Å²) in [5.74, 6) is -0.553. The Morgan fingerprint density at radius 2 is 1.77 bits per heavy atom. The predicted molar refractivity (Wildman–Crippen MR) is 117 cm³/mol. The Labute approximate surface area is 180 Å². The van der Waals surface area contributed by atoms with Crippen LogP contribution in [-0.2, 0) is 4.79 Å². The first-order valence-electron chi connectivity index (χ1n) is 9.63. The van der Waals surface area contributed by atoms with E-state index in [9.17, 15) is 9.59 Å². The standard InChI is InChI=1S/C24H20ClN3O2/c1-16-6-5-9-19(14-16)23(29)26-21-22(18-7-3-2-4-8-18)28(27-24(21)30)15-17-10-12-20(25)13-11-17/h2-15,21-22H,1H3,(H-,26,27,29,30)/p+1/b28-15-/t21-,22-/m0/s1. The Morgan fingerprint density at radius 3 is 2.47 bits per heavy atom. The maximum Gasteiger partial charge on any atom is 0.304 e. The van der Waals surface area contributed by atoms with Crippen LogP contribution in [0.5, 0.6) is 0 Å². The zero-order valence-electron chi connectivity index (χ0n) is 16.4. The van der Waals surface area contributed by atoms with Gasteiger partial charge in [0.1, 0.15) is 0 Å². The fraction of sp³-hybridized carbons (Fsp3) is 0.125. The highest BCUT2D eigenvalue weighted by Crippen LogP contribution is 2.25. The van der Waals surface area contributed by atoms with Gasteiger partial charge >= 0.3 is 5.91 Å². The molecule has 1 aliphatic rings. The molecular weight excluding hydrogens is 398 g/mol. The molecule has 2 atom stereocenters. The van der Waals surface area contributed by atoms with E-state index in [0.717, 1.165) is 16.7 Å². The van der Waals surface area contributed by atoms with Gasteiger partial charge in [0.05, 0.1) is 0 Å². The lowest BCUT2D eigenvalue weighted by atomic mass is 9.99. The highest BCUT2D eigenvalue weighted by Gasteiger charge is 2.47. The van der Waals surface area contributed by atoms with Gasteiger partial charge in [-0.3, -0.25) is 9.59 Å². The minimum atomic E-state index is -0.746. The van der Waals surface area contributed by atoms with Crippen LogP contribution in [0.15, 0.2) is 78.9 Å². The van der Waals surface area contributed by atoms with Gasteiger partial charge in [-0.15, -0.1) is 10.1 Å². The fourth-order valence-corrected chi connectivity index (χ4v) is 3.68. The van der Waals surface area contributed by atoms with Crippen LogP contribution in [0.1, 0.15) is 33.1 Å². The molecule has 3 aromatic rings. The zero-order valence-corrected chi connectivity index (χ0v) is 17.1. The first kappa shape index (κ1) is 19.9. The number of nitrogens with one attached hydrogen (secondary N) is 2. The summed E-state index contributed by atoms with van der Waals surface area (Å²) >= 11 is 5.98. The molecule has 0 saturated carbocycles. The van der Waals surface area contributed by atoms with Crippen LogP contribution >= 0.6 is 11.6 Å². The summed E-state index contributed by atoms with van der Waals surface area (Å²) in [6, 6.07) is 23.1. The van der Waals surface area contributed by atoms with Crippen molar-refractivity contribution in [2.75, 3.05) is 0 Å². The third kappa shape index (κ3) is 4.26. The van der Waals surface area contributed by atoms with Crippen molar-refractivity contribution in [3.05, 3.63) is 106 Å². The van der Waals surface area contributed by atoms with Crippen molar-refractivity contribution in [2.45, 2.75) is 19.0 Å². The lowest BCUT2D eigenvalue weighted by Crippen LogP contribution is -2.42. The van der Waals surface area contributed by atoms with Crippen LogP contribution in [-0.4, -0.2) is 28.8 Å². The SMILES string of the molecule is Cc1cccc(C(=O)N[C@@H]2C(=O)N/[N+](=C\c3ccc(Cl)cc3)[C@H]2c2ccccc2)c1. The first-order valence-corrected chi connectivity index (χ1v) is 10.0.